The number of rotatable bonds is 6. The van der Waals surface area contributed by atoms with E-state index in [2.05, 4.69) is 15.3 Å². The Morgan fingerprint density at radius 1 is 1.18 bits per heavy atom. The molecule has 0 unspecified atom stereocenters. The first kappa shape index (κ1) is 22.1. The van der Waals surface area contributed by atoms with E-state index in [-0.39, 0.29) is 46.3 Å². The lowest BCUT2D eigenvalue weighted by Gasteiger charge is -2.17. The zero-order valence-corrected chi connectivity index (χ0v) is 19.6. The Kier molecular flexibility index (Phi) is 5.55. The minimum atomic E-state index is -1.16. The lowest BCUT2D eigenvalue weighted by Crippen LogP contribution is -2.35. The van der Waals surface area contributed by atoms with E-state index < -0.39 is 5.97 Å². The van der Waals surface area contributed by atoms with Crippen LogP contribution < -0.4 is 10.2 Å². The SMILES string of the molecule is Cc1[nH]c(C(=O)N[C@H]2[C@@H]3CN(c4nc(Cc5ccc(Cl)cc5)c(C(=O)O)o4)C[C@@H]32)c(Cl)c1Cl. The number of H-pyrrole nitrogens is 1. The molecular weight excluding hydrogens is 491 g/mol. The molecule has 172 valence electrons. The number of hydrogen-bond donors (Lipinski definition) is 3. The summed E-state index contributed by atoms with van der Waals surface area (Å²) in [6.07, 6.45) is 0.320. The second kappa shape index (κ2) is 8.27. The maximum absolute atomic E-state index is 12.6. The molecule has 3 heterocycles. The standard InChI is InChI=1S/C22H19Cl3N4O4/c1-9-15(24)16(25)18(26-9)20(30)28-17-12-7-29(8-13(12)17)22-27-14(19(33-22)21(31)32)6-10-2-4-11(23)5-3-10/h2-5,12-13,17,26H,6-8H2,1H3,(H,28,30)(H,31,32)/t12-,13+,17+. The molecule has 1 saturated heterocycles. The predicted octanol–water partition coefficient (Wildman–Crippen LogP) is 4.42. The van der Waals surface area contributed by atoms with Gasteiger partial charge in [0.05, 0.1) is 10.0 Å². The first-order valence-corrected chi connectivity index (χ1v) is 11.4. The number of piperidine rings is 1. The molecular formula is C22H19Cl3N4O4. The van der Waals surface area contributed by atoms with Gasteiger partial charge in [-0.1, -0.05) is 46.9 Å². The van der Waals surface area contributed by atoms with Crippen LogP contribution in [0.3, 0.4) is 0 Å². The first-order valence-electron chi connectivity index (χ1n) is 10.3. The highest BCUT2D eigenvalue weighted by Gasteiger charge is 2.57. The largest absolute Gasteiger partial charge is 0.475 e. The van der Waals surface area contributed by atoms with Crippen molar-refractivity contribution in [3.63, 3.8) is 0 Å². The zero-order chi connectivity index (χ0) is 23.4. The van der Waals surface area contributed by atoms with Gasteiger partial charge in [0.2, 0.25) is 5.76 Å². The number of hydrogen-bond acceptors (Lipinski definition) is 5. The second-order valence-electron chi connectivity index (χ2n) is 8.37. The van der Waals surface area contributed by atoms with E-state index in [1.165, 1.54) is 0 Å². The quantitative estimate of drug-likeness (QED) is 0.453. The number of aromatic amines is 1. The summed E-state index contributed by atoms with van der Waals surface area (Å²) in [6, 6.07) is 7.43. The van der Waals surface area contributed by atoms with Gasteiger partial charge >= 0.3 is 5.97 Å². The lowest BCUT2D eigenvalue weighted by atomic mass is 10.1. The number of benzene rings is 1. The highest BCUT2D eigenvalue weighted by atomic mass is 35.5. The maximum Gasteiger partial charge on any atom is 0.373 e. The minimum absolute atomic E-state index is 0.00893. The highest BCUT2D eigenvalue weighted by molar-refractivity contribution is 6.44. The van der Waals surface area contributed by atoms with Crippen molar-refractivity contribution in [2.75, 3.05) is 18.0 Å². The molecule has 1 aromatic carbocycles. The number of aryl methyl sites for hydroxylation is 1. The monoisotopic (exact) mass is 508 g/mol. The van der Waals surface area contributed by atoms with Crippen LogP contribution >= 0.6 is 34.8 Å². The number of fused-ring (bicyclic) bond motifs is 1. The average Bonchev–Trinajstić information content (AvgIpc) is 3.14. The van der Waals surface area contributed by atoms with Crippen LogP contribution in [0.1, 0.15) is 38.0 Å². The zero-order valence-electron chi connectivity index (χ0n) is 17.4. The van der Waals surface area contributed by atoms with E-state index in [9.17, 15) is 14.7 Å². The van der Waals surface area contributed by atoms with Gasteiger partial charge in [0.1, 0.15) is 11.4 Å². The van der Waals surface area contributed by atoms with E-state index >= 15 is 0 Å². The van der Waals surface area contributed by atoms with Gasteiger partial charge in [0, 0.05) is 48.1 Å². The van der Waals surface area contributed by atoms with Gasteiger partial charge in [-0.15, -0.1) is 0 Å². The van der Waals surface area contributed by atoms with Gasteiger partial charge in [0.15, 0.2) is 0 Å². The van der Waals surface area contributed by atoms with Crippen LogP contribution in [0.2, 0.25) is 15.1 Å². The fourth-order valence-corrected chi connectivity index (χ4v) is 4.95. The number of carbonyl (C=O) groups excluding carboxylic acids is 1. The number of nitrogens with zero attached hydrogens (tertiary/aromatic N) is 2. The van der Waals surface area contributed by atoms with Crippen molar-refractivity contribution in [1.82, 2.24) is 15.3 Å². The van der Waals surface area contributed by atoms with Crippen molar-refractivity contribution in [3.8, 4) is 0 Å². The molecule has 3 atom stereocenters. The van der Waals surface area contributed by atoms with E-state index in [4.69, 9.17) is 39.2 Å². The molecule has 33 heavy (non-hydrogen) atoms. The number of amides is 1. The lowest BCUT2D eigenvalue weighted by molar-refractivity contribution is 0.0661. The summed E-state index contributed by atoms with van der Waals surface area (Å²) in [7, 11) is 0. The molecule has 0 radical (unpaired) electrons. The first-order chi connectivity index (χ1) is 15.7. The van der Waals surface area contributed by atoms with E-state index in [1.807, 2.05) is 17.0 Å². The third kappa shape index (κ3) is 4.07. The Morgan fingerprint density at radius 3 is 2.42 bits per heavy atom. The van der Waals surface area contributed by atoms with Crippen molar-refractivity contribution in [3.05, 3.63) is 67.7 Å². The smallest absolute Gasteiger partial charge is 0.373 e. The third-order valence-corrected chi connectivity index (χ3v) is 7.41. The molecule has 5 rings (SSSR count). The van der Waals surface area contributed by atoms with Crippen molar-refractivity contribution >= 4 is 52.7 Å². The summed E-state index contributed by atoms with van der Waals surface area (Å²) in [5.74, 6) is -1.18. The minimum Gasteiger partial charge on any atom is -0.475 e. The van der Waals surface area contributed by atoms with Crippen molar-refractivity contribution in [1.29, 1.82) is 0 Å². The fourth-order valence-electron chi connectivity index (χ4n) is 4.41. The number of aromatic nitrogens is 2. The summed E-state index contributed by atoms with van der Waals surface area (Å²) < 4.78 is 5.61. The Balaban J connectivity index is 1.25. The van der Waals surface area contributed by atoms with E-state index in [0.29, 0.717) is 40.9 Å². The van der Waals surface area contributed by atoms with E-state index in [1.54, 1.807) is 19.1 Å². The Morgan fingerprint density at radius 2 is 1.85 bits per heavy atom. The van der Waals surface area contributed by atoms with E-state index in [0.717, 1.165) is 5.56 Å². The molecule has 1 aliphatic carbocycles. The van der Waals surface area contributed by atoms with Gasteiger partial charge < -0.3 is 24.7 Å². The summed E-state index contributed by atoms with van der Waals surface area (Å²) in [4.78, 5) is 33.6. The molecule has 0 spiro atoms. The highest BCUT2D eigenvalue weighted by Crippen LogP contribution is 2.47. The molecule has 8 nitrogen and oxygen atoms in total. The molecule has 3 N–H and O–H groups in total. The maximum atomic E-state index is 12.6. The molecule has 2 aliphatic rings. The number of oxazole rings is 1. The van der Waals surface area contributed by atoms with Crippen molar-refractivity contribution < 1.29 is 19.1 Å². The van der Waals surface area contributed by atoms with Gasteiger partial charge in [-0.2, -0.15) is 4.98 Å². The summed E-state index contributed by atoms with van der Waals surface area (Å²) in [5.41, 5.74) is 2.14. The molecule has 1 amide bonds. The number of carboxylic acid groups (broad SMARTS) is 1. The molecule has 11 heteroatoms. The normalized spacial score (nSPS) is 21.2. The van der Waals surface area contributed by atoms with Crippen LogP contribution in [0.25, 0.3) is 0 Å². The van der Waals surface area contributed by atoms with Gasteiger partial charge in [-0.05, 0) is 24.6 Å². The Bertz CT molecular complexity index is 1240. The number of aromatic carboxylic acids is 1. The van der Waals surface area contributed by atoms with Crippen LogP contribution in [-0.2, 0) is 6.42 Å². The molecule has 2 aromatic heterocycles. The van der Waals surface area contributed by atoms with Crippen molar-refractivity contribution in [2.45, 2.75) is 19.4 Å². The summed E-state index contributed by atoms with van der Waals surface area (Å²) >= 11 is 18.1. The molecule has 1 saturated carbocycles. The second-order valence-corrected chi connectivity index (χ2v) is 9.56. The molecule has 2 fully saturated rings. The Hall–Kier alpha value is -2.68. The molecule has 0 bridgehead atoms. The van der Waals surface area contributed by atoms with Gasteiger partial charge in [-0.3, -0.25) is 4.79 Å². The van der Waals surface area contributed by atoms with Crippen LogP contribution in [-0.4, -0.2) is 46.1 Å². The number of carbonyl (C=O) groups is 2. The summed E-state index contributed by atoms with van der Waals surface area (Å²) in [6.45, 7) is 2.96. The Labute approximate surface area is 203 Å². The number of carboxylic acids is 1. The van der Waals surface area contributed by atoms with Crippen LogP contribution in [0.15, 0.2) is 28.7 Å². The predicted molar refractivity (Wildman–Crippen MR) is 124 cm³/mol. The van der Waals surface area contributed by atoms with Crippen LogP contribution in [0.5, 0.6) is 0 Å². The third-order valence-electron chi connectivity index (χ3n) is 6.21. The topological polar surface area (TPSA) is 111 Å². The van der Waals surface area contributed by atoms with Gasteiger partial charge in [-0.25, -0.2) is 4.79 Å². The fraction of sp³-hybridized carbons (Fsp3) is 0.318. The summed E-state index contributed by atoms with van der Waals surface area (Å²) in [5, 5.41) is 13.7. The van der Waals surface area contributed by atoms with Crippen LogP contribution in [0, 0.1) is 18.8 Å². The van der Waals surface area contributed by atoms with Crippen LogP contribution in [0.4, 0.5) is 6.01 Å². The number of nitrogens with one attached hydrogen (secondary N) is 2. The van der Waals surface area contributed by atoms with Gasteiger partial charge in [0.25, 0.3) is 11.9 Å². The number of halogens is 3. The number of anilines is 1. The molecule has 3 aromatic rings. The average molecular weight is 510 g/mol. The van der Waals surface area contributed by atoms with Crippen molar-refractivity contribution in [2.24, 2.45) is 11.8 Å². The molecule has 1 aliphatic heterocycles.